The van der Waals surface area contributed by atoms with Gasteiger partial charge in [0.1, 0.15) is 11.6 Å². The van der Waals surface area contributed by atoms with E-state index in [0.717, 1.165) is 5.56 Å². The molecule has 0 bridgehead atoms. The van der Waals surface area contributed by atoms with Crippen LogP contribution in [0.1, 0.15) is 12.5 Å². The standard InChI is InChI=1S/C19H22N2O4S/c1-2-25-17-8-10-18(11-9-17)26(22,23)20-19(16-6-4-3-5-7-16)21-12-14-24-15-13-21/h3-11H,2,12-15H2,1H3. The van der Waals surface area contributed by atoms with E-state index in [0.29, 0.717) is 44.5 Å². The fraction of sp³-hybridized carbons (Fsp3) is 0.316. The van der Waals surface area contributed by atoms with Crippen LogP contribution >= 0.6 is 0 Å². The van der Waals surface area contributed by atoms with Gasteiger partial charge in [0.15, 0.2) is 0 Å². The van der Waals surface area contributed by atoms with Crippen molar-refractivity contribution in [1.82, 2.24) is 4.90 Å². The molecular formula is C19H22N2O4S. The van der Waals surface area contributed by atoms with Crippen molar-refractivity contribution in [2.45, 2.75) is 11.8 Å². The minimum absolute atomic E-state index is 0.141. The van der Waals surface area contributed by atoms with Crippen LogP contribution in [-0.2, 0) is 14.8 Å². The molecule has 0 saturated carbocycles. The first-order valence-electron chi connectivity index (χ1n) is 8.56. The lowest BCUT2D eigenvalue weighted by molar-refractivity contribution is 0.0683. The molecule has 138 valence electrons. The lowest BCUT2D eigenvalue weighted by atomic mass is 10.2. The Morgan fingerprint density at radius 2 is 1.73 bits per heavy atom. The minimum Gasteiger partial charge on any atom is -0.494 e. The maximum absolute atomic E-state index is 12.8. The smallest absolute Gasteiger partial charge is 0.284 e. The normalized spacial score (nSPS) is 15.7. The Labute approximate surface area is 154 Å². The van der Waals surface area contributed by atoms with Gasteiger partial charge in [-0.15, -0.1) is 4.40 Å². The zero-order valence-corrected chi connectivity index (χ0v) is 15.5. The first-order valence-corrected chi connectivity index (χ1v) is 10.00. The maximum Gasteiger partial charge on any atom is 0.284 e. The molecule has 1 fully saturated rings. The highest BCUT2D eigenvalue weighted by Gasteiger charge is 2.21. The molecule has 0 unspecified atom stereocenters. The molecule has 0 radical (unpaired) electrons. The molecule has 7 heteroatoms. The van der Waals surface area contributed by atoms with E-state index in [9.17, 15) is 8.42 Å². The van der Waals surface area contributed by atoms with E-state index in [-0.39, 0.29) is 4.90 Å². The zero-order chi connectivity index (χ0) is 18.4. The summed E-state index contributed by atoms with van der Waals surface area (Å²) in [5.74, 6) is 1.08. The van der Waals surface area contributed by atoms with Crippen LogP contribution in [0.4, 0.5) is 0 Å². The Balaban J connectivity index is 1.97. The third-order valence-electron chi connectivity index (χ3n) is 3.98. The Hall–Kier alpha value is -2.38. The quantitative estimate of drug-likeness (QED) is 0.594. The molecule has 6 nitrogen and oxygen atoms in total. The van der Waals surface area contributed by atoms with Gasteiger partial charge in [-0.3, -0.25) is 0 Å². The summed E-state index contributed by atoms with van der Waals surface area (Å²) >= 11 is 0. The first kappa shape index (κ1) is 18.4. The molecular weight excluding hydrogens is 352 g/mol. The van der Waals surface area contributed by atoms with Crippen LogP contribution in [0.5, 0.6) is 5.75 Å². The molecule has 0 aromatic heterocycles. The second-order valence-electron chi connectivity index (χ2n) is 5.76. The van der Waals surface area contributed by atoms with Gasteiger partial charge >= 0.3 is 0 Å². The topological polar surface area (TPSA) is 68.2 Å². The van der Waals surface area contributed by atoms with Crippen molar-refractivity contribution in [2.24, 2.45) is 4.40 Å². The molecule has 1 saturated heterocycles. The largest absolute Gasteiger partial charge is 0.494 e. The summed E-state index contributed by atoms with van der Waals surface area (Å²) < 4.78 is 40.6. The first-order chi connectivity index (χ1) is 12.6. The highest BCUT2D eigenvalue weighted by atomic mass is 32.2. The molecule has 0 aliphatic carbocycles. The number of sulfonamides is 1. The molecule has 1 heterocycles. The second kappa shape index (κ2) is 8.33. The summed E-state index contributed by atoms with van der Waals surface area (Å²) in [6, 6.07) is 15.7. The van der Waals surface area contributed by atoms with E-state index in [1.807, 2.05) is 42.2 Å². The van der Waals surface area contributed by atoms with Crippen molar-refractivity contribution in [2.75, 3.05) is 32.9 Å². The molecule has 0 atom stereocenters. The number of morpholine rings is 1. The molecule has 3 rings (SSSR count). The number of hydrogen-bond acceptors (Lipinski definition) is 4. The van der Waals surface area contributed by atoms with Gasteiger partial charge in [-0.2, -0.15) is 8.42 Å². The fourth-order valence-electron chi connectivity index (χ4n) is 2.70. The van der Waals surface area contributed by atoms with Crippen molar-refractivity contribution in [1.29, 1.82) is 0 Å². The fourth-order valence-corrected chi connectivity index (χ4v) is 3.73. The average Bonchev–Trinajstić information content (AvgIpc) is 2.68. The summed E-state index contributed by atoms with van der Waals surface area (Å²) in [6.45, 7) is 4.71. The molecule has 2 aromatic rings. The van der Waals surface area contributed by atoms with Crippen LogP contribution in [-0.4, -0.2) is 52.1 Å². The second-order valence-corrected chi connectivity index (χ2v) is 7.36. The third-order valence-corrected chi connectivity index (χ3v) is 5.26. The molecule has 26 heavy (non-hydrogen) atoms. The van der Waals surface area contributed by atoms with Gasteiger partial charge in [-0.25, -0.2) is 0 Å². The van der Waals surface area contributed by atoms with Crippen molar-refractivity contribution in [3.8, 4) is 5.75 Å². The molecule has 0 spiro atoms. The average molecular weight is 374 g/mol. The number of ether oxygens (including phenoxy) is 2. The number of amidine groups is 1. The van der Waals surface area contributed by atoms with Crippen molar-refractivity contribution < 1.29 is 17.9 Å². The Morgan fingerprint density at radius 1 is 1.08 bits per heavy atom. The summed E-state index contributed by atoms with van der Waals surface area (Å²) in [7, 11) is -3.84. The van der Waals surface area contributed by atoms with E-state index in [1.165, 1.54) is 12.1 Å². The van der Waals surface area contributed by atoms with Gasteiger partial charge in [-0.1, -0.05) is 30.3 Å². The summed E-state index contributed by atoms with van der Waals surface area (Å²) in [5.41, 5.74) is 0.768. The van der Waals surface area contributed by atoms with Crippen LogP contribution in [0.25, 0.3) is 0 Å². The van der Waals surface area contributed by atoms with Gasteiger partial charge in [0.05, 0.1) is 24.7 Å². The molecule has 1 aliphatic heterocycles. The number of nitrogens with zero attached hydrogens (tertiary/aromatic N) is 2. The third kappa shape index (κ3) is 4.42. The van der Waals surface area contributed by atoms with E-state index in [2.05, 4.69) is 4.40 Å². The van der Waals surface area contributed by atoms with Crippen LogP contribution < -0.4 is 4.74 Å². The highest BCUT2D eigenvalue weighted by Crippen LogP contribution is 2.20. The van der Waals surface area contributed by atoms with E-state index in [4.69, 9.17) is 9.47 Å². The maximum atomic E-state index is 12.8. The SMILES string of the molecule is CCOc1ccc(S(=O)(=O)N=C(c2ccccc2)N2CCOCC2)cc1. The van der Waals surface area contributed by atoms with E-state index < -0.39 is 10.0 Å². The predicted molar refractivity (Wildman–Crippen MR) is 100 cm³/mol. The van der Waals surface area contributed by atoms with Gasteiger partial charge in [0.25, 0.3) is 10.0 Å². The summed E-state index contributed by atoms with van der Waals surface area (Å²) in [5, 5.41) is 0. The molecule has 0 amide bonds. The number of benzene rings is 2. The van der Waals surface area contributed by atoms with Gasteiger partial charge in [-0.05, 0) is 31.2 Å². The lowest BCUT2D eigenvalue weighted by Gasteiger charge is -2.29. The number of hydrogen-bond donors (Lipinski definition) is 0. The molecule has 0 N–H and O–H groups in total. The van der Waals surface area contributed by atoms with Crippen LogP contribution in [0.3, 0.4) is 0 Å². The summed E-state index contributed by atoms with van der Waals surface area (Å²) in [6.07, 6.45) is 0. The van der Waals surface area contributed by atoms with E-state index >= 15 is 0 Å². The van der Waals surface area contributed by atoms with Gasteiger partial charge < -0.3 is 14.4 Å². The Bertz CT molecular complexity index is 843. The minimum atomic E-state index is -3.84. The van der Waals surface area contributed by atoms with Crippen LogP contribution in [0.2, 0.25) is 0 Å². The predicted octanol–water partition coefficient (Wildman–Crippen LogP) is 2.55. The highest BCUT2D eigenvalue weighted by molar-refractivity contribution is 7.90. The van der Waals surface area contributed by atoms with Crippen molar-refractivity contribution in [3.63, 3.8) is 0 Å². The lowest BCUT2D eigenvalue weighted by Crippen LogP contribution is -2.41. The van der Waals surface area contributed by atoms with Crippen molar-refractivity contribution >= 4 is 15.9 Å². The van der Waals surface area contributed by atoms with Gasteiger partial charge in [0, 0.05) is 18.7 Å². The zero-order valence-electron chi connectivity index (χ0n) is 14.7. The number of rotatable bonds is 5. The molecule has 1 aliphatic rings. The van der Waals surface area contributed by atoms with Crippen LogP contribution in [0.15, 0.2) is 63.9 Å². The van der Waals surface area contributed by atoms with Crippen molar-refractivity contribution in [3.05, 3.63) is 60.2 Å². The Morgan fingerprint density at radius 3 is 2.35 bits per heavy atom. The van der Waals surface area contributed by atoms with Crippen LogP contribution in [0, 0.1) is 0 Å². The summed E-state index contributed by atoms with van der Waals surface area (Å²) in [4.78, 5) is 2.09. The monoisotopic (exact) mass is 374 g/mol. The van der Waals surface area contributed by atoms with Gasteiger partial charge in [0.2, 0.25) is 0 Å². The molecule has 2 aromatic carbocycles. The Kier molecular flexibility index (Phi) is 5.90. The van der Waals surface area contributed by atoms with E-state index in [1.54, 1.807) is 12.1 Å².